The lowest BCUT2D eigenvalue weighted by Crippen LogP contribution is -2.35. The molecule has 0 radical (unpaired) electrons. The molecule has 0 aromatic carbocycles. The Kier molecular flexibility index (Phi) is 18.8. The maximum Gasteiger partial charge on any atom is 0.0273 e. The highest BCUT2D eigenvalue weighted by Gasteiger charge is 2.23. The molecule has 0 aliphatic heterocycles. The molecule has 2 heteroatoms. The van der Waals surface area contributed by atoms with Crippen molar-refractivity contribution in [1.82, 2.24) is 0 Å². The lowest BCUT2D eigenvalue weighted by Gasteiger charge is -2.29. The number of hydrogen-bond acceptors (Lipinski definition) is 1. The van der Waals surface area contributed by atoms with Gasteiger partial charge in [0.05, 0.1) is 0 Å². The van der Waals surface area contributed by atoms with Crippen LogP contribution in [0.2, 0.25) is 0 Å². The molecule has 0 saturated heterocycles. The summed E-state index contributed by atoms with van der Waals surface area (Å²) in [4.78, 5) is 0. The summed E-state index contributed by atoms with van der Waals surface area (Å²) < 4.78 is 0. The van der Waals surface area contributed by atoms with Crippen LogP contribution in [0.1, 0.15) is 111 Å². The molecule has 0 aliphatic carbocycles. The molecule has 0 saturated carbocycles. The smallest absolute Gasteiger partial charge is 0.0273 e. The van der Waals surface area contributed by atoms with E-state index in [9.17, 15) is 0 Å². The second-order valence-corrected chi connectivity index (χ2v) is 7.74. The van der Waals surface area contributed by atoms with Crippen LogP contribution in [-0.2, 0) is 0 Å². The van der Waals surface area contributed by atoms with Crippen molar-refractivity contribution in [1.29, 1.82) is 0 Å². The first-order valence-electron chi connectivity index (χ1n) is 9.92. The third kappa shape index (κ3) is 15.4. The summed E-state index contributed by atoms with van der Waals surface area (Å²) in [6.45, 7) is 10.6. The largest absolute Gasteiger partial charge is 0.324 e. The summed E-state index contributed by atoms with van der Waals surface area (Å²) >= 11 is 0. The van der Waals surface area contributed by atoms with E-state index in [0.29, 0.717) is 0 Å². The first-order chi connectivity index (χ1) is 10.5. The van der Waals surface area contributed by atoms with Gasteiger partial charge in [0.15, 0.2) is 0 Å². The van der Waals surface area contributed by atoms with Gasteiger partial charge in [0.25, 0.3) is 0 Å². The molecule has 0 fully saturated rings. The van der Waals surface area contributed by atoms with Gasteiger partial charge in [-0.2, -0.15) is 0 Å². The van der Waals surface area contributed by atoms with Crippen LogP contribution in [0.25, 0.3) is 0 Å². The van der Waals surface area contributed by atoms with Crippen LogP contribution in [-0.4, -0.2) is 6.04 Å². The van der Waals surface area contributed by atoms with Crippen molar-refractivity contribution in [2.24, 2.45) is 11.1 Å². The molecule has 0 amide bonds. The van der Waals surface area contributed by atoms with Crippen molar-refractivity contribution in [3.8, 4) is 0 Å². The summed E-state index contributed by atoms with van der Waals surface area (Å²) in [7, 11) is 0. The van der Waals surface area contributed by atoms with Crippen molar-refractivity contribution < 1.29 is 0 Å². The monoisotopic (exact) mass is 389 g/mol. The van der Waals surface area contributed by atoms with Crippen LogP contribution < -0.4 is 5.73 Å². The summed E-state index contributed by atoms with van der Waals surface area (Å²) in [6, 6.07) is 0.129. The van der Waals surface area contributed by atoms with Crippen LogP contribution in [0.4, 0.5) is 0 Å². The Hall–Kier alpha value is 0.180. The average molecular weight is 390 g/mol. The predicted molar refractivity (Wildman–Crippen MR) is 113 cm³/mol. The highest BCUT2D eigenvalue weighted by molar-refractivity contribution is 8.93. The zero-order valence-electron chi connectivity index (χ0n) is 16.2. The Morgan fingerprint density at radius 3 is 1.48 bits per heavy atom. The Bertz CT molecular complexity index is 250. The molecular weight excluding hydrogens is 346 g/mol. The highest BCUT2D eigenvalue weighted by Crippen LogP contribution is 2.27. The third-order valence-corrected chi connectivity index (χ3v) is 5.08. The number of halogens is 1. The highest BCUT2D eigenvalue weighted by atomic mass is 79.9. The Labute approximate surface area is 157 Å². The Morgan fingerprint density at radius 1 is 0.783 bits per heavy atom. The quantitative estimate of drug-likeness (QED) is 0.213. The van der Waals surface area contributed by atoms with Crippen LogP contribution in [0.3, 0.4) is 0 Å². The van der Waals surface area contributed by atoms with Crippen molar-refractivity contribution in [3.05, 3.63) is 12.7 Å². The molecule has 23 heavy (non-hydrogen) atoms. The van der Waals surface area contributed by atoms with Gasteiger partial charge < -0.3 is 5.73 Å². The van der Waals surface area contributed by atoms with Crippen LogP contribution >= 0.6 is 17.0 Å². The van der Waals surface area contributed by atoms with E-state index in [1.54, 1.807) is 0 Å². The summed E-state index contributed by atoms with van der Waals surface area (Å²) in [5.74, 6) is 0. The van der Waals surface area contributed by atoms with E-state index in [0.717, 1.165) is 0 Å². The topological polar surface area (TPSA) is 26.0 Å². The fourth-order valence-electron chi connectivity index (χ4n) is 3.08. The fraction of sp³-hybridized carbons (Fsp3) is 0.905. The zero-order valence-corrected chi connectivity index (χ0v) is 18.0. The molecule has 0 spiro atoms. The second-order valence-electron chi connectivity index (χ2n) is 7.74. The standard InChI is InChI=1S/C21H43N.BrH/c1-5-7-8-9-10-11-12-13-14-15-16-17-18-19-21(3,4)20(22)6-2;/h6,20H,2,5,7-19,22H2,1,3-4H3;1H. The van der Waals surface area contributed by atoms with Gasteiger partial charge in [-0.3, -0.25) is 0 Å². The van der Waals surface area contributed by atoms with E-state index in [-0.39, 0.29) is 28.4 Å². The maximum absolute atomic E-state index is 6.08. The van der Waals surface area contributed by atoms with Gasteiger partial charge in [-0.1, -0.05) is 110 Å². The average Bonchev–Trinajstić information content (AvgIpc) is 2.50. The van der Waals surface area contributed by atoms with Crippen molar-refractivity contribution in [2.45, 2.75) is 117 Å². The summed E-state index contributed by atoms with van der Waals surface area (Å²) in [6.07, 6.45) is 21.5. The van der Waals surface area contributed by atoms with Crippen molar-refractivity contribution in [3.63, 3.8) is 0 Å². The first kappa shape index (κ1) is 25.4. The van der Waals surface area contributed by atoms with Crippen LogP contribution in [0.15, 0.2) is 12.7 Å². The van der Waals surface area contributed by atoms with E-state index >= 15 is 0 Å². The molecule has 0 heterocycles. The minimum atomic E-state index is 0. The van der Waals surface area contributed by atoms with Gasteiger partial charge in [0, 0.05) is 6.04 Å². The molecule has 0 aromatic heterocycles. The molecular formula is C21H44BrN. The summed E-state index contributed by atoms with van der Waals surface area (Å²) in [5, 5.41) is 0. The molecule has 1 atom stereocenters. The Morgan fingerprint density at radius 2 is 1.13 bits per heavy atom. The molecule has 0 rings (SSSR count). The van der Waals surface area contributed by atoms with E-state index < -0.39 is 0 Å². The lowest BCUT2D eigenvalue weighted by molar-refractivity contribution is 0.285. The molecule has 0 bridgehead atoms. The normalized spacial score (nSPS) is 12.7. The number of nitrogens with two attached hydrogens (primary N) is 1. The minimum Gasteiger partial charge on any atom is -0.324 e. The Balaban J connectivity index is 0. The van der Waals surface area contributed by atoms with Gasteiger partial charge in [-0.15, -0.1) is 23.6 Å². The lowest BCUT2D eigenvalue weighted by atomic mass is 9.80. The van der Waals surface area contributed by atoms with Gasteiger partial charge >= 0.3 is 0 Å². The van der Waals surface area contributed by atoms with Crippen LogP contribution in [0, 0.1) is 5.41 Å². The van der Waals surface area contributed by atoms with E-state index in [2.05, 4.69) is 27.4 Å². The van der Waals surface area contributed by atoms with E-state index in [4.69, 9.17) is 5.73 Å². The third-order valence-electron chi connectivity index (χ3n) is 5.08. The van der Waals surface area contributed by atoms with Gasteiger partial charge in [-0.25, -0.2) is 0 Å². The minimum absolute atomic E-state index is 0. The second kappa shape index (κ2) is 17.0. The molecule has 1 nitrogen and oxygen atoms in total. The molecule has 1 unspecified atom stereocenters. The van der Waals surface area contributed by atoms with Crippen molar-refractivity contribution in [2.75, 3.05) is 0 Å². The number of hydrogen-bond donors (Lipinski definition) is 1. The molecule has 2 N–H and O–H groups in total. The summed E-state index contributed by atoms with van der Waals surface area (Å²) in [5.41, 5.74) is 6.29. The SMILES string of the molecule is Br.C=CC(N)C(C)(C)CCCCCCCCCCCCCCC. The van der Waals surface area contributed by atoms with E-state index in [1.807, 2.05) is 6.08 Å². The first-order valence-corrected chi connectivity index (χ1v) is 9.92. The molecule has 140 valence electrons. The van der Waals surface area contributed by atoms with Gasteiger partial charge in [0.2, 0.25) is 0 Å². The van der Waals surface area contributed by atoms with Crippen molar-refractivity contribution >= 4 is 17.0 Å². The fourth-order valence-corrected chi connectivity index (χ4v) is 3.08. The maximum atomic E-state index is 6.08. The zero-order chi connectivity index (χ0) is 16.7. The van der Waals surface area contributed by atoms with Gasteiger partial charge in [-0.05, 0) is 11.8 Å². The van der Waals surface area contributed by atoms with E-state index in [1.165, 1.54) is 89.9 Å². The van der Waals surface area contributed by atoms with Gasteiger partial charge in [0.1, 0.15) is 0 Å². The number of rotatable bonds is 16. The van der Waals surface area contributed by atoms with Crippen LogP contribution in [0.5, 0.6) is 0 Å². The predicted octanol–water partition coefficient (Wildman–Crippen LogP) is 7.59. The number of unbranched alkanes of at least 4 members (excludes halogenated alkanes) is 12. The molecule has 0 aliphatic rings. The molecule has 0 aromatic rings.